The summed E-state index contributed by atoms with van der Waals surface area (Å²) in [6.07, 6.45) is 8.22. The van der Waals surface area contributed by atoms with Gasteiger partial charge in [0.25, 0.3) is 0 Å². The largest absolute Gasteiger partial charge is 0.392 e. The Bertz CT molecular complexity index is 425. The van der Waals surface area contributed by atoms with Gasteiger partial charge in [0.05, 0.1) is 19.3 Å². The lowest BCUT2D eigenvalue weighted by molar-refractivity contribution is -0.219. The molecular formula is C15H22O3. The maximum absolute atomic E-state index is 10.5. The summed E-state index contributed by atoms with van der Waals surface area (Å²) in [6.45, 7) is 6.01. The lowest BCUT2D eigenvalue weighted by Crippen LogP contribution is -2.50. The smallest absolute Gasteiger partial charge is 0.169 e. The molecule has 3 heteroatoms. The summed E-state index contributed by atoms with van der Waals surface area (Å²) in [5, 5.41) is 10.5. The number of allylic oxidation sites excluding steroid dienone is 1. The van der Waals surface area contributed by atoms with Gasteiger partial charge in [0.15, 0.2) is 5.79 Å². The monoisotopic (exact) mass is 250 g/mol. The topological polar surface area (TPSA) is 38.7 Å². The molecule has 3 nitrogen and oxygen atoms in total. The zero-order chi connectivity index (χ0) is 12.6. The molecule has 0 aromatic rings. The molecule has 0 aromatic carbocycles. The molecule has 1 heterocycles. The molecule has 18 heavy (non-hydrogen) atoms. The third-order valence-electron chi connectivity index (χ3n) is 6.69. The molecule has 1 spiro atoms. The van der Waals surface area contributed by atoms with Gasteiger partial charge in [-0.05, 0) is 18.3 Å². The van der Waals surface area contributed by atoms with Crippen LogP contribution in [0, 0.1) is 16.2 Å². The summed E-state index contributed by atoms with van der Waals surface area (Å²) in [5.74, 6) is -0.362. The molecule has 1 unspecified atom stereocenters. The predicted molar refractivity (Wildman–Crippen MR) is 66.9 cm³/mol. The fourth-order valence-corrected chi connectivity index (χ4v) is 5.16. The van der Waals surface area contributed by atoms with E-state index < -0.39 is 0 Å². The Morgan fingerprint density at radius 3 is 2.50 bits per heavy atom. The molecule has 0 amide bonds. The summed E-state index contributed by atoms with van der Waals surface area (Å²) in [5.41, 5.74) is 0.178. The van der Waals surface area contributed by atoms with E-state index in [4.69, 9.17) is 9.47 Å². The van der Waals surface area contributed by atoms with E-state index in [0.29, 0.717) is 0 Å². The highest BCUT2D eigenvalue weighted by molar-refractivity contribution is 5.34. The van der Waals surface area contributed by atoms with E-state index in [2.05, 4.69) is 26.0 Å². The first kappa shape index (κ1) is 11.4. The summed E-state index contributed by atoms with van der Waals surface area (Å²) < 4.78 is 11.8. The Hall–Kier alpha value is -0.380. The quantitative estimate of drug-likeness (QED) is 0.670. The Kier molecular flexibility index (Phi) is 1.92. The van der Waals surface area contributed by atoms with Crippen molar-refractivity contribution in [2.24, 2.45) is 16.2 Å². The second kappa shape index (κ2) is 3.02. The van der Waals surface area contributed by atoms with Crippen LogP contribution < -0.4 is 0 Å². The maximum atomic E-state index is 10.5. The minimum atomic E-state index is -0.362. The van der Waals surface area contributed by atoms with Crippen LogP contribution in [0.3, 0.4) is 0 Å². The fourth-order valence-electron chi connectivity index (χ4n) is 5.16. The molecule has 4 atom stereocenters. The van der Waals surface area contributed by atoms with Gasteiger partial charge < -0.3 is 14.6 Å². The summed E-state index contributed by atoms with van der Waals surface area (Å²) in [4.78, 5) is 0. The van der Waals surface area contributed by atoms with E-state index in [9.17, 15) is 5.11 Å². The number of hydrogen-bond donors (Lipinski definition) is 1. The molecule has 2 bridgehead atoms. The Morgan fingerprint density at radius 1 is 1.11 bits per heavy atom. The van der Waals surface area contributed by atoms with Crippen molar-refractivity contribution in [3.05, 3.63) is 12.2 Å². The van der Waals surface area contributed by atoms with Crippen LogP contribution >= 0.6 is 0 Å². The lowest BCUT2D eigenvalue weighted by Gasteiger charge is -2.52. The van der Waals surface area contributed by atoms with Gasteiger partial charge in [-0.15, -0.1) is 0 Å². The van der Waals surface area contributed by atoms with E-state index in [0.717, 1.165) is 38.9 Å². The van der Waals surface area contributed by atoms with Crippen molar-refractivity contribution in [2.45, 2.75) is 51.4 Å². The average molecular weight is 250 g/mol. The molecule has 0 radical (unpaired) electrons. The van der Waals surface area contributed by atoms with Crippen LogP contribution in [0.5, 0.6) is 0 Å². The second-order valence-corrected chi connectivity index (χ2v) is 7.11. The normalized spacial score (nSPS) is 56.3. The highest BCUT2D eigenvalue weighted by Gasteiger charge is 2.72. The van der Waals surface area contributed by atoms with Crippen LogP contribution in [0.4, 0.5) is 0 Å². The predicted octanol–water partition coefficient (Wildman–Crippen LogP) is 2.25. The van der Waals surface area contributed by atoms with Crippen molar-refractivity contribution in [1.82, 2.24) is 0 Å². The van der Waals surface area contributed by atoms with Gasteiger partial charge in [-0.25, -0.2) is 0 Å². The number of aliphatic hydroxyl groups excluding tert-OH is 1. The highest BCUT2D eigenvalue weighted by Crippen LogP contribution is 2.75. The zero-order valence-corrected chi connectivity index (χ0v) is 11.2. The van der Waals surface area contributed by atoms with Crippen molar-refractivity contribution in [2.75, 3.05) is 13.2 Å². The molecule has 0 aromatic heterocycles. The van der Waals surface area contributed by atoms with Gasteiger partial charge in [0, 0.05) is 23.7 Å². The molecule has 3 aliphatic carbocycles. The second-order valence-electron chi connectivity index (χ2n) is 7.11. The van der Waals surface area contributed by atoms with Gasteiger partial charge in [-0.1, -0.05) is 26.0 Å². The van der Waals surface area contributed by atoms with Crippen LogP contribution in [0.1, 0.15) is 39.5 Å². The SMILES string of the molecule is C[C@@]12CCC3(C[C@]14C=C[C@@]2(C)C(O)C4)OCCO3. The third kappa shape index (κ3) is 1.01. The highest BCUT2D eigenvalue weighted by atomic mass is 16.7. The Balaban J connectivity index is 1.78. The van der Waals surface area contributed by atoms with Gasteiger partial charge in [-0.3, -0.25) is 0 Å². The average Bonchev–Trinajstić information content (AvgIpc) is 2.91. The third-order valence-corrected chi connectivity index (χ3v) is 6.69. The molecular weight excluding hydrogens is 228 g/mol. The molecule has 4 aliphatic rings. The number of hydrogen-bond acceptors (Lipinski definition) is 3. The molecule has 100 valence electrons. The van der Waals surface area contributed by atoms with E-state index in [1.54, 1.807) is 0 Å². The summed E-state index contributed by atoms with van der Waals surface area (Å²) in [7, 11) is 0. The van der Waals surface area contributed by atoms with Crippen molar-refractivity contribution < 1.29 is 14.6 Å². The molecule has 1 saturated heterocycles. The first-order valence-electron chi connectivity index (χ1n) is 7.12. The van der Waals surface area contributed by atoms with E-state index in [-0.39, 0.29) is 28.1 Å². The first-order valence-corrected chi connectivity index (χ1v) is 7.12. The van der Waals surface area contributed by atoms with Gasteiger partial charge in [0.1, 0.15) is 0 Å². The lowest BCUT2D eigenvalue weighted by atomic mass is 9.54. The maximum Gasteiger partial charge on any atom is 0.169 e. The van der Waals surface area contributed by atoms with Gasteiger partial charge in [0.2, 0.25) is 0 Å². The van der Waals surface area contributed by atoms with E-state index in [1.165, 1.54) is 0 Å². The van der Waals surface area contributed by atoms with Crippen LogP contribution in [0.2, 0.25) is 0 Å². The van der Waals surface area contributed by atoms with Crippen molar-refractivity contribution in [3.8, 4) is 0 Å². The Morgan fingerprint density at radius 2 is 1.83 bits per heavy atom. The van der Waals surface area contributed by atoms with E-state index >= 15 is 0 Å². The zero-order valence-electron chi connectivity index (χ0n) is 11.2. The first-order chi connectivity index (χ1) is 8.46. The van der Waals surface area contributed by atoms with Crippen molar-refractivity contribution in [3.63, 3.8) is 0 Å². The molecule has 2 saturated carbocycles. The fraction of sp³-hybridized carbons (Fsp3) is 0.867. The number of aliphatic hydroxyl groups is 1. The molecule has 4 rings (SSSR count). The minimum absolute atomic E-state index is 0.0623. The van der Waals surface area contributed by atoms with Crippen molar-refractivity contribution in [1.29, 1.82) is 0 Å². The number of ether oxygens (including phenoxy) is 2. The van der Waals surface area contributed by atoms with Crippen LogP contribution in [-0.4, -0.2) is 30.2 Å². The molecule has 1 N–H and O–H groups in total. The van der Waals surface area contributed by atoms with Crippen LogP contribution in [0.15, 0.2) is 12.2 Å². The summed E-state index contributed by atoms with van der Waals surface area (Å²) >= 11 is 0. The number of rotatable bonds is 0. The van der Waals surface area contributed by atoms with E-state index in [1.807, 2.05) is 0 Å². The van der Waals surface area contributed by atoms with Gasteiger partial charge >= 0.3 is 0 Å². The standard InChI is InChI=1S/C15H22O3/c1-12-3-5-14(9-11(12)16)10-15(17-7-8-18-15)6-4-13(12,14)2/h3,5,11,16H,4,6-10H2,1-2H3/t11?,12-,13-,14+/m0/s1. The molecule has 3 fully saturated rings. The minimum Gasteiger partial charge on any atom is -0.392 e. The van der Waals surface area contributed by atoms with Crippen molar-refractivity contribution >= 4 is 0 Å². The molecule has 1 aliphatic heterocycles. The summed E-state index contributed by atoms with van der Waals surface area (Å²) in [6, 6.07) is 0. The Labute approximate surface area is 108 Å². The van der Waals surface area contributed by atoms with Crippen LogP contribution in [0.25, 0.3) is 0 Å². The van der Waals surface area contributed by atoms with Crippen LogP contribution in [-0.2, 0) is 9.47 Å². The van der Waals surface area contributed by atoms with Gasteiger partial charge in [-0.2, -0.15) is 0 Å².